The van der Waals surface area contributed by atoms with E-state index in [1.165, 1.54) is 12.1 Å². The van der Waals surface area contributed by atoms with Gasteiger partial charge in [0, 0.05) is 35.3 Å². The van der Waals surface area contributed by atoms with Crippen LogP contribution in [0.4, 0.5) is 13.2 Å². The minimum absolute atomic E-state index is 0.0879. The summed E-state index contributed by atoms with van der Waals surface area (Å²) in [5.41, 5.74) is 0.818. The van der Waals surface area contributed by atoms with Gasteiger partial charge in [0.15, 0.2) is 0 Å². The Kier molecular flexibility index (Phi) is 6.53. The van der Waals surface area contributed by atoms with Gasteiger partial charge in [-0.05, 0) is 50.5 Å². The topological polar surface area (TPSA) is 57.0 Å². The molecule has 2 unspecified atom stereocenters. The third kappa shape index (κ3) is 4.26. The number of aromatic nitrogens is 3. The second-order valence-electron chi connectivity index (χ2n) is 7.99. The lowest BCUT2D eigenvalue weighted by atomic mass is 9.91. The number of fused-ring (bicyclic) bond motifs is 1. The zero-order valence-electron chi connectivity index (χ0n) is 17.7. The van der Waals surface area contributed by atoms with Gasteiger partial charge in [-0.25, -0.2) is 18.2 Å². The summed E-state index contributed by atoms with van der Waals surface area (Å²) in [4.78, 5) is 22.6. The van der Waals surface area contributed by atoms with Crippen LogP contribution in [0.15, 0.2) is 29.1 Å². The van der Waals surface area contributed by atoms with Crippen molar-refractivity contribution in [2.75, 3.05) is 6.61 Å². The van der Waals surface area contributed by atoms with E-state index in [4.69, 9.17) is 16.3 Å². The highest BCUT2D eigenvalue weighted by molar-refractivity contribution is 6.30. The first-order chi connectivity index (χ1) is 15.3. The van der Waals surface area contributed by atoms with E-state index in [9.17, 15) is 18.0 Å². The normalized spacial score (nSPS) is 19.1. The van der Waals surface area contributed by atoms with Gasteiger partial charge in [0.25, 0.3) is 12.0 Å². The molecule has 3 aromatic rings. The molecular weight excluding hydrogens is 443 g/mol. The van der Waals surface area contributed by atoms with Crippen molar-refractivity contribution in [1.29, 1.82) is 0 Å². The lowest BCUT2D eigenvalue weighted by molar-refractivity contribution is -0.0838. The summed E-state index contributed by atoms with van der Waals surface area (Å²) in [7, 11) is 0. The van der Waals surface area contributed by atoms with Crippen molar-refractivity contribution in [2.24, 2.45) is 0 Å². The minimum Gasteiger partial charge on any atom is -0.372 e. The van der Waals surface area contributed by atoms with Crippen LogP contribution in [0.5, 0.6) is 0 Å². The first-order valence-electron chi connectivity index (χ1n) is 10.6. The van der Waals surface area contributed by atoms with Gasteiger partial charge in [-0.2, -0.15) is 0 Å². The molecule has 0 spiro atoms. The molecule has 2 atom stereocenters. The molecule has 1 aromatic carbocycles. The van der Waals surface area contributed by atoms with Gasteiger partial charge in [-0.1, -0.05) is 18.5 Å². The van der Waals surface area contributed by atoms with Gasteiger partial charge in [0.2, 0.25) is 0 Å². The number of aryl methyl sites for hydroxylation is 1. The monoisotopic (exact) mass is 465 g/mol. The van der Waals surface area contributed by atoms with E-state index in [-0.39, 0.29) is 46.2 Å². The summed E-state index contributed by atoms with van der Waals surface area (Å²) in [6.45, 7) is 4.32. The molecule has 170 valence electrons. The van der Waals surface area contributed by atoms with Crippen molar-refractivity contribution in [3.8, 4) is 11.3 Å². The predicted octanol–water partition coefficient (Wildman–Crippen LogP) is 5.50. The zero-order chi connectivity index (χ0) is 23.0. The van der Waals surface area contributed by atoms with Crippen LogP contribution in [0.1, 0.15) is 43.6 Å². The molecule has 1 aliphatic rings. The Hall–Kier alpha value is -2.45. The zero-order valence-corrected chi connectivity index (χ0v) is 18.5. The van der Waals surface area contributed by atoms with Gasteiger partial charge in [-0.15, -0.1) is 0 Å². The van der Waals surface area contributed by atoms with E-state index < -0.39 is 18.3 Å². The number of rotatable bonds is 5. The fraction of sp³-hybridized carbons (Fsp3) is 0.435. The number of alkyl halides is 2. The maximum absolute atomic E-state index is 14.9. The number of benzene rings is 1. The summed E-state index contributed by atoms with van der Waals surface area (Å²) in [5.74, 6) is -0.411. The molecule has 4 rings (SSSR count). The van der Waals surface area contributed by atoms with Crippen LogP contribution in [0.2, 0.25) is 5.02 Å². The molecule has 0 aliphatic carbocycles. The average molecular weight is 466 g/mol. The van der Waals surface area contributed by atoms with Crippen molar-refractivity contribution in [1.82, 2.24) is 14.5 Å². The molecule has 1 aliphatic heterocycles. The Labute approximate surface area is 188 Å². The van der Waals surface area contributed by atoms with Crippen molar-refractivity contribution in [2.45, 2.75) is 58.1 Å². The molecule has 0 N–H and O–H groups in total. The van der Waals surface area contributed by atoms with Gasteiger partial charge >= 0.3 is 0 Å². The minimum atomic E-state index is -2.60. The number of nitrogens with zero attached hydrogens (tertiary/aromatic N) is 3. The van der Waals surface area contributed by atoms with Crippen molar-refractivity contribution in [3.05, 3.63) is 57.0 Å². The molecule has 0 radical (unpaired) electrons. The lowest BCUT2D eigenvalue weighted by Crippen LogP contribution is -2.31. The molecule has 2 aromatic heterocycles. The lowest BCUT2D eigenvalue weighted by Gasteiger charge is -2.29. The van der Waals surface area contributed by atoms with E-state index in [2.05, 4.69) is 9.97 Å². The number of ether oxygens (including phenoxy) is 1. The largest absolute Gasteiger partial charge is 0.372 e. The van der Waals surface area contributed by atoms with E-state index >= 15 is 0 Å². The van der Waals surface area contributed by atoms with Gasteiger partial charge in [0.1, 0.15) is 17.7 Å². The standard InChI is InChI=1S/C23H23ClF3N3O2/c1-3-7-30-12(2)28-18-11-17(13-6-8-32-19(9-13)22(26)27)29-21(20(18)23(30)31)15-5-4-14(24)10-16(15)25/h4-5,10-11,13,19,22H,3,6-9H2,1-2H3. The van der Waals surface area contributed by atoms with E-state index in [1.807, 2.05) is 6.92 Å². The Bertz CT molecular complexity index is 1220. The second kappa shape index (κ2) is 9.19. The van der Waals surface area contributed by atoms with Crippen LogP contribution in [0, 0.1) is 12.7 Å². The number of pyridine rings is 1. The molecule has 5 nitrogen and oxygen atoms in total. The van der Waals surface area contributed by atoms with Gasteiger partial charge in [0.05, 0.1) is 16.6 Å². The molecule has 32 heavy (non-hydrogen) atoms. The van der Waals surface area contributed by atoms with Crippen LogP contribution in [-0.4, -0.2) is 33.7 Å². The Balaban J connectivity index is 1.97. The average Bonchev–Trinajstić information content (AvgIpc) is 2.76. The first-order valence-corrected chi connectivity index (χ1v) is 10.9. The number of hydrogen-bond donors (Lipinski definition) is 0. The molecular formula is C23H23ClF3N3O2. The quantitative estimate of drug-likeness (QED) is 0.499. The second-order valence-corrected chi connectivity index (χ2v) is 8.43. The predicted molar refractivity (Wildman–Crippen MR) is 117 cm³/mol. The molecule has 1 fully saturated rings. The van der Waals surface area contributed by atoms with Gasteiger partial charge in [-0.3, -0.25) is 14.3 Å². The van der Waals surface area contributed by atoms with Crippen LogP contribution in [0.3, 0.4) is 0 Å². The molecule has 0 saturated carbocycles. The summed E-state index contributed by atoms with van der Waals surface area (Å²) in [5, 5.41) is 0.416. The molecule has 1 saturated heterocycles. The van der Waals surface area contributed by atoms with E-state index in [1.54, 1.807) is 17.6 Å². The van der Waals surface area contributed by atoms with E-state index in [0.717, 1.165) is 12.5 Å². The highest BCUT2D eigenvalue weighted by Crippen LogP contribution is 2.35. The highest BCUT2D eigenvalue weighted by Gasteiger charge is 2.32. The Morgan fingerprint density at radius 3 is 2.75 bits per heavy atom. The van der Waals surface area contributed by atoms with Crippen LogP contribution in [0.25, 0.3) is 22.2 Å². The maximum atomic E-state index is 14.9. The third-order valence-corrected chi connectivity index (χ3v) is 6.03. The third-order valence-electron chi connectivity index (χ3n) is 5.80. The maximum Gasteiger partial charge on any atom is 0.264 e. The summed E-state index contributed by atoms with van der Waals surface area (Å²) >= 11 is 5.92. The van der Waals surface area contributed by atoms with Gasteiger partial charge < -0.3 is 4.74 Å². The fourth-order valence-electron chi connectivity index (χ4n) is 4.21. The first kappa shape index (κ1) is 22.7. The number of hydrogen-bond acceptors (Lipinski definition) is 4. The van der Waals surface area contributed by atoms with Crippen LogP contribution >= 0.6 is 11.6 Å². The van der Waals surface area contributed by atoms with Crippen LogP contribution < -0.4 is 5.56 Å². The highest BCUT2D eigenvalue weighted by atomic mass is 35.5. The Morgan fingerprint density at radius 2 is 2.06 bits per heavy atom. The van der Waals surface area contributed by atoms with Crippen LogP contribution in [-0.2, 0) is 11.3 Å². The van der Waals surface area contributed by atoms with Crippen molar-refractivity contribution in [3.63, 3.8) is 0 Å². The molecule has 3 heterocycles. The Morgan fingerprint density at radius 1 is 1.28 bits per heavy atom. The van der Waals surface area contributed by atoms with E-state index in [0.29, 0.717) is 30.0 Å². The smallest absolute Gasteiger partial charge is 0.264 e. The summed E-state index contributed by atoms with van der Waals surface area (Å²) in [6.07, 6.45) is -2.48. The fourth-order valence-corrected chi connectivity index (χ4v) is 4.37. The molecule has 9 heteroatoms. The SMILES string of the molecule is CCCn1c(C)nc2cc(C3CCOC(C(F)F)C3)nc(-c3ccc(Cl)cc3F)c2c1=O. The summed E-state index contributed by atoms with van der Waals surface area (Å²) in [6, 6.07) is 5.81. The molecule has 0 amide bonds. The van der Waals surface area contributed by atoms with Crippen molar-refractivity contribution >= 4 is 22.5 Å². The number of halogens is 4. The molecule has 0 bridgehead atoms. The summed E-state index contributed by atoms with van der Waals surface area (Å²) < 4.78 is 48.1. The van der Waals surface area contributed by atoms with Crippen molar-refractivity contribution < 1.29 is 17.9 Å².